The third-order valence-corrected chi connectivity index (χ3v) is 3.50. The Morgan fingerprint density at radius 2 is 2.16 bits per heavy atom. The van der Waals surface area contributed by atoms with Gasteiger partial charge in [0, 0.05) is 12.1 Å². The van der Waals surface area contributed by atoms with E-state index in [-0.39, 0.29) is 0 Å². The van der Waals surface area contributed by atoms with Gasteiger partial charge in [-0.25, -0.2) is 4.39 Å². The van der Waals surface area contributed by atoms with Crippen molar-refractivity contribution in [3.8, 4) is 5.75 Å². The zero-order valence-corrected chi connectivity index (χ0v) is 10.9. The molecule has 1 aromatic carbocycles. The van der Waals surface area contributed by atoms with E-state index in [1.807, 2.05) is 0 Å². The molecule has 1 unspecified atom stereocenters. The van der Waals surface area contributed by atoms with Crippen LogP contribution >= 0.6 is 0 Å². The molecule has 1 fully saturated rings. The van der Waals surface area contributed by atoms with Crippen LogP contribution in [0.3, 0.4) is 0 Å². The van der Waals surface area contributed by atoms with Crippen molar-refractivity contribution in [3.63, 3.8) is 0 Å². The van der Waals surface area contributed by atoms with E-state index in [1.54, 1.807) is 0 Å². The van der Waals surface area contributed by atoms with Crippen LogP contribution in [0.2, 0.25) is 0 Å². The number of hydrogen-bond acceptors (Lipinski definition) is 3. The summed E-state index contributed by atoms with van der Waals surface area (Å²) in [6, 6.07) is 4.01. The fourth-order valence-electron chi connectivity index (χ4n) is 2.51. The van der Waals surface area contributed by atoms with Gasteiger partial charge in [0.2, 0.25) is 0 Å². The van der Waals surface area contributed by atoms with Gasteiger partial charge < -0.3 is 14.7 Å². The summed E-state index contributed by atoms with van der Waals surface area (Å²) in [7, 11) is 1.46. The minimum atomic E-state index is -0.948. The predicted molar refractivity (Wildman–Crippen MR) is 69.0 cm³/mol. The second-order valence-corrected chi connectivity index (χ2v) is 4.78. The average molecular weight is 267 g/mol. The first-order valence-corrected chi connectivity index (χ1v) is 6.40. The van der Waals surface area contributed by atoms with Gasteiger partial charge in [-0.15, -0.1) is 0 Å². The number of carboxylic acid groups (broad SMARTS) is 1. The number of methoxy groups -OCH3 is 1. The Balaban J connectivity index is 2.27. The Bertz CT molecular complexity index is 458. The van der Waals surface area contributed by atoms with Gasteiger partial charge in [-0.3, -0.25) is 4.79 Å². The first-order valence-electron chi connectivity index (χ1n) is 6.40. The molecule has 1 aromatic rings. The molecule has 1 N–H and O–H groups in total. The van der Waals surface area contributed by atoms with E-state index < -0.39 is 17.7 Å². The van der Waals surface area contributed by atoms with Crippen molar-refractivity contribution in [2.45, 2.75) is 18.8 Å². The molecule has 4 nitrogen and oxygen atoms in total. The molecule has 2 rings (SSSR count). The number of aliphatic carboxylic acids is 1. The van der Waals surface area contributed by atoms with E-state index in [9.17, 15) is 14.3 Å². The lowest BCUT2D eigenvalue weighted by molar-refractivity contribution is -0.139. The zero-order valence-electron chi connectivity index (χ0n) is 10.9. The molecule has 1 aliphatic rings. The average Bonchev–Trinajstić information content (AvgIpc) is 2.88. The van der Waals surface area contributed by atoms with E-state index in [2.05, 4.69) is 4.90 Å². The third kappa shape index (κ3) is 3.23. The van der Waals surface area contributed by atoms with Crippen molar-refractivity contribution >= 4 is 5.97 Å². The summed E-state index contributed by atoms with van der Waals surface area (Å²) in [5.74, 6) is -1.73. The molecule has 0 saturated carbocycles. The van der Waals surface area contributed by atoms with Crippen molar-refractivity contribution in [2.75, 3.05) is 26.7 Å². The normalized spacial score (nSPS) is 17.4. The van der Waals surface area contributed by atoms with Crippen molar-refractivity contribution < 1.29 is 19.0 Å². The van der Waals surface area contributed by atoms with Crippen LogP contribution in [0, 0.1) is 5.82 Å². The summed E-state index contributed by atoms with van der Waals surface area (Å²) in [6.45, 7) is 2.21. The fraction of sp³-hybridized carbons (Fsp3) is 0.500. The van der Waals surface area contributed by atoms with Crippen LogP contribution in [-0.4, -0.2) is 42.7 Å². The smallest absolute Gasteiger partial charge is 0.312 e. The lowest BCUT2D eigenvalue weighted by Gasteiger charge is -2.22. The number of likely N-dealkylation sites (tertiary alicyclic amines) is 1. The van der Waals surface area contributed by atoms with Gasteiger partial charge in [0.1, 0.15) is 11.6 Å². The number of rotatable bonds is 5. The van der Waals surface area contributed by atoms with Crippen LogP contribution in [0.15, 0.2) is 18.2 Å². The summed E-state index contributed by atoms with van der Waals surface area (Å²) in [5.41, 5.74) is 0.405. The zero-order chi connectivity index (χ0) is 13.8. The van der Waals surface area contributed by atoms with Crippen molar-refractivity contribution in [2.24, 2.45) is 0 Å². The highest BCUT2D eigenvalue weighted by molar-refractivity contribution is 5.77. The molecule has 1 saturated heterocycles. The van der Waals surface area contributed by atoms with E-state index in [0.29, 0.717) is 17.9 Å². The summed E-state index contributed by atoms with van der Waals surface area (Å²) in [6.07, 6.45) is 2.18. The highest BCUT2D eigenvalue weighted by Gasteiger charge is 2.27. The number of nitrogens with zero attached hydrogens (tertiary/aromatic N) is 1. The Hall–Kier alpha value is -1.62. The van der Waals surface area contributed by atoms with Gasteiger partial charge in [-0.2, -0.15) is 0 Å². The molecule has 0 spiro atoms. The third-order valence-electron chi connectivity index (χ3n) is 3.50. The minimum absolute atomic E-state index is 0.398. The summed E-state index contributed by atoms with van der Waals surface area (Å²) >= 11 is 0. The molecular weight excluding hydrogens is 249 g/mol. The van der Waals surface area contributed by atoms with Crippen LogP contribution in [0.25, 0.3) is 0 Å². The monoisotopic (exact) mass is 267 g/mol. The number of halogens is 1. The Morgan fingerprint density at radius 1 is 1.47 bits per heavy atom. The second-order valence-electron chi connectivity index (χ2n) is 4.78. The molecule has 1 atom stereocenters. The number of carboxylic acids is 1. The summed E-state index contributed by atoms with van der Waals surface area (Å²) < 4.78 is 18.5. The van der Waals surface area contributed by atoms with Gasteiger partial charge in [-0.05, 0) is 44.1 Å². The standard InChI is InChI=1S/C14H18FNO3/c1-19-13-5-4-10(15)8-11(13)12(14(17)18)9-16-6-2-3-7-16/h4-5,8,12H,2-3,6-7,9H2,1H3,(H,17,18). The van der Waals surface area contributed by atoms with Crippen molar-refractivity contribution in [3.05, 3.63) is 29.6 Å². The van der Waals surface area contributed by atoms with Crippen molar-refractivity contribution in [1.82, 2.24) is 4.90 Å². The van der Waals surface area contributed by atoms with E-state index in [4.69, 9.17) is 4.74 Å². The Kier molecular flexibility index (Phi) is 4.37. The van der Waals surface area contributed by atoms with Crippen LogP contribution in [0.5, 0.6) is 5.75 Å². The topological polar surface area (TPSA) is 49.8 Å². The summed E-state index contributed by atoms with van der Waals surface area (Å²) in [4.78, 5) is 13.6. The van der Waals surface area contributed by atoms with Gasteiger partial charge in [0.05, 0.1) is 13.0 Å². The van der Waals surface area contributed by atoms with Gasteiger partial charge in [-0.1, -0.05) is 0 Å². The van der Waals surface area contributed by atoms with Crippen LogP contribution in [0.4, 0.5) is 4.39 Å². The van der Waals surface area contributed by atoms with Crippen LogP contribution < -0.4 is 4.74 Å². The highest BCUT2D eigenvalue weighted by atomic mass is 19.1. The first-order chi connectivity index (χ1) is 9.11. The maximum absolute atomic E-state index is 13.4. The first kappa shape index (κ1) is 13.8. The van der Waals surface area contributed by atoms with E-state index in [1.165, 1.54) is 25.3 Å². The fourth-order valence-corrected chi connectivity index (χ4v) is 2.51. The Labute approximate surface area is 111 Å². The number of benzene rings is 1. The maximum atomic E-state index is 13.4. The molecule has 5 heteroatoms. The molecule has 0 radical (unpaired) electrons. The second kappa shape index (κ2) is 6.02. The predicted octanol–water partition coefficient (Wildman–Crippen LogP) is 2.10. The number of hydrogen-bond donors (Lipinski definition) is 1. The Morgan fingerprint density at radius 3 is 2.74 bits per heavy atom. The van der Waals surface area contributed by atoms with Gasteiger partial charge in [0.25, 0.3) is 0 Å². The van der Waals surface area contributed by atoms with Gasteiger partial charge in [0.15, 0.2) is 0 Å². The van der Waals surface area contributed by atoms with E-state index >= 15 is 0 Å². The largest absolute Gasteiger partial charge is 0.496 e. The highest BCUT2D eigenvalue weighted by Crippen LogP contribution is 2.29. The number of carbonyl (C=O) groups is 1. The number of ether oxygens (including phenoxy) is 1. The molecule has 104 valence electrons. The molecular formula is C14H18FNO3. The molecule has 19 heavy (non-hydrogen) atoms. The molecule has 0 amide bonds. The lowest BCUT2D eigenvalue weighted by Crippen LogP contribution is -2.30. The summed E-state index contributed by atoms with van der Waals surface area (Å²) in [5, 5.41) is 9.39. The van der Waals surface area contributed by atoms with Crippen LogP contribution in [0.1, 0.15) is 24.3 Å². The minimum Gasteiger partial charge on any atom is -0.496 e. The molecule has 0 aromatic heterocycles. The molecule has 0 bridgehead atoms. The SMILES string of the molecule is COc1ccc(F)cc1C(CN1CCCC1)C(=O)O. The quantitative estimate of drug-likeness (QED) is 0.887. The molecule has 1 aliphatic heterocycles. The molecule has 0 aliphatic carbocycles. The molecule has 1 heterocycles. The maximum Gasteiger partial charge on any atom is 0.312 e. The van der Waals surface area contributed by atoms with Crippen LogP contribution in [-0.2, 0) is 4.79 Å². The van der Waals surface area contributed by atoms with Crippen molar-refractivity contribution in [1.29, 1.82) is 0 Å². The van der Waals surface area contributed by atoms with Gasteiger partial charge >= 0.3 is 5.97 Å². The lowest BCUT2D eigenvalue weighted by atomic mass is 9.97. The van der Waals surface area contributed by atoms with E-state index in [0.717, 1.165) is 25.9 Å².